The second-order valence-corrected chi connectivity index (χ2v) is 7.53. The Balaban J connectivity index is 3.01. The van der Waals surface area contributed by atoms with Crippen LogP contribution in [0.1, 0.15) is 32.4 Å². The van der Waals surface area contributed by atoms with Crippen molar-refractivity contribution in [3.63, 3.8) is 0 Å². The summed E-state index contributed by atoms with van der Waals surface area (Å²) < 4.78 is 5.47. The molecule has 0 fully saturated rings. The fraction of sp³-hybridized carbons (Fsp3) is 0.412. The van der Waals surface area contributed by atoms with Gasteiger partial charge in [0.2, 0.25) is 6.10 Å². The number of esters is 1. The van der Waals surface area contributed by atoms with E-state index < -0.39 is 18.0 Å². The Labute approximate surface area is 162 Å². The minimum Gasteiger partial charge on any atom is -0.442 e. The van der Waals surface area contributed by atoms with Crippen molar-refractivity contribution in [1.82, 2.24) is 0 Å². The van der Waals surface area contributed by atoms with E-state index in [2.05, 4.69) is 0 Å². The number of hydrogen-bond donors (Lipinski definition) is 0. The molecule has 1 aromatic rings. The minimum absolute atomic E-state index is 0.0235. The number of hydrogen-bond acceptors (Lipinski definition) is 3. The SMILES string of the molecule is CC(C)C(C(=O)OC(C#N)c1ccc(Cl)c(Cl)c1)C(C)C=C(Cl)Cl. The first kappa shape index (κ1) is 21.1. The van der Waals surface area contributed by atoms with Gasteiger partial charge in [0.1, 0.15) is 10.6 Å². The van der Waals surface area contributed by atoms with E-state index in [1.165, 1.54) is 6.07 Å². The summed E-state index contributed by atoms with van der Waals surface area (Å²) in [5, 5.41) is 9.98. The van der Waals surface area contributed by atoms with Crippen molar-refractivity contribution < 1.29 is 9.53 Å². The van der Waals surface area contributed by atoms with E-state index in [0.29, 0.717) is 10.6 Å². The molecule has 3 nitrogen and oxygen atoms in total. The molecule has 0 radical (unpaired) electrons. The van der Waals surface area contributed by atoms with Crippen LogP contribution in [0.5, 0.6) is 0 Å². The predicted molar refractivity (Wildman–Crippen MR) is 98.2 cm³/mol. The summed E-state index contributed by atoms with van der Waals surface area (Å²) in [6.45, 7) is 5.59. The number of halogens is 4. The Kier molecular flexibility index (Phi) is 8.39. The predicted octanol–water partition coefficient (Wildman–Crippen LogP) is 6.33. The van der Waals surface area contributed by atoms with Crippen molar-refractivity contribution in [2.24, 2.45) is 17.8 Å². The Morgan fingerprint density at radius 2 is 1.83 bits per heavy atom. The molecule has 0 aliphatic rings. The second kappa shape index (κ2) is 9.53. The fourth-order valence-electron chi connectivity index (χ4n) is 2.44. The number of benzene rings is 1. The summed E-state index contributed by atoms with van der Waals surface area (Å²) in [5.74, 6) is -1.25. The van der Waals surface area contributed by atoms with Crippen LogP contribution >= 0.6 is 46.4 Å². The Morgan fingerprint density at radius 1 is 1.21 bits per heavy atom. The number of carbonyl (C=O) groups is 1. The van der Waals surface area contributed by atoms with E-state index >= 15 is 0 Å². The van der Waals surface area contributed by atoms with Crippen LogP contribution in [0.4, 0.5) is 0 Å². The van der Waals surface area contributed by atoms with Crippen LogP contribution in [-0.2, 0) is 9.53 Å². The van der Waals surface area contributed by atoms with Gasteiger partial charge in [-0.1, -0.05) is 79.3 Å². The number of allylic oxidation sites excluding steroid dienone is 1. The van der Waals surface area contributed by atoms with Crippen LogP contribution in [0.3, 0.4) is 0 Å². The second-order valence-electron chi connectivity index (χ2n) is 5.70. The Hall–Kier alpha value is -0.920. The van der Waals surface area contributed by atoms with Crippen molar-refractivity contribution in [2.75, 3.05) is 0 Å². The molecule has 0 saturated carbocycles. The topological polar surface area (TPSA) is 50.1 Å². The quantitative estimate of drug-likeness (QED) is 0.516. The molecule has 0 N–H and O–H groups in total. The highest BCUT2D eigenvalue weighted by molar-refractivity contribution is 6.55. The largest absolute Gasteiger partial charge is 0.442 e. The molecule has 130 valence electrons. The maximum absolute atomic E-state index is 12.6. The third-order valence-corrected chi connectivity index (χ3v) is 4.53. The molecule has 24 heavy (non-hydrogen) atoms. The molecule has 0 saturated heterocycles. The summed E-state index contributed by atoms with van der Waals surface area (Å²) in [6, 6.07) is 6.61. The molecule has 0 aliphatic carbocycles. The Bertz CT molecular complexity index is 663. The van der Waals surface area contributed by atoms with Crippen LogP contribution in [0.25, 0.3) is 0 Å². The van der Waals surface area contributed by atoms with E-state index in [1.54, 1.807) is 18.2 Å². The third kappa shape index (κ3) is 5.86. The normalized spacial score (nSPS) is 14.5. The van der Waals surface area contributed by atoms with E-state index in [1.807, 2.05) is 26.8 Å². The fourth-order valence-corrected chi connectivity index (χ4v) is 3.14. The summed E-state index contributed by atoms with van der Waals surface area (Å²) in [6.07, 6.45) is 0.506. The average Bonchev–Trinajstić information content (AvgIpc) is 2.46. The van der Waals surface area contributed by atoms with Crippen LogP contribution in [-0.4, -0.2) is 5.97 Å². The van der Waals surface area contributed by atoms with Gasteiger partial charge in [0.25, 0.3) is 0 Å². The van der Waals surface area contributed by atoms with E-state index in [9.17, 15) is 10.1 Å². The molecule has 0 bridgehead atoms. The van der Waals surface area contributed by atoms with Crippen LogP contribution in [0, 0.1) is 29.1 Å². The molecule has 1 rings (SSSR count). The number of rotatable bonds is 6. The standard InChI is InChI=1S/C17H17Cl4NO2/c1-9(2)16(10(3)6-15(20)21)17(23)24-14(8-22)11-4-5-12(18)13(19)7-11/h4-7,9-10,14,16H,1-3H3. The van der Waals surface area contributed by atoms with Gasteiger partial charge in [0, 0.05) is 5.56 Å². The maximum atomic E-state index is 12.6. The zero-order chi connectivity index (χ0) is 18.4. The minimum atomic E-state index is -1.07. The monoisotopic (exact) mass is 407 g/mol. The smallest absolute Gasteiger partial charge is 0.311 e. The lowest BCUT2D eigenvalue weighted by Gasteiger charge is -2.25. The van der Waals surface area contributed by atoms with Crippen molar-refractivity contribution in [1.29, 1.82) is 5.26 Å². The van der Waals surface area contributed by atoms with Gasteiger partial charge in [0.05, 0.1) is 16.0 Å². The Morgan fingerprint density at radius 3 is 2.29 bits per heavy atom. The van der Waals surface area contributed by atoms with E-state index in [4.69, 9.17) is 51.1 Å². The summed E-state index contributed by atoms with van der Waals surface area (Å²) in [7, 11) is 0. The van der Waals surface area contributed by atoms with Gasteiger partial charge in [-0.2, -0.15) is 5.26 Å². The molecule has 0 spiro atoms. The molecule has 0 amide bonds. The first-order valence-electron chi connectivity index (χ1n) is 7.25. The molecule has 3 unspecified atom stereocenters. The van der Waals surface area contributed by atoms with Gasteiger partial charge < -0.3 is 4.74 Å². The van der Waals surface area contributed by atoms with Gasteiger partial charge in [-0.15, -0.1) is 0 Å². The van der Waals surface area contributed by atoms with Gasteiger partial charge in [-0.3, -0.25) is 4.79 Å². The zero-order valence-corrected chi connectivity index (χ0v) is 16.4. The van der Waals surface area contributed by atoms with Crippen molar-refractivity contribution in [3.8, 4) is 6.07 Å². The highest BCUT2D eigenvalue weighted by Gasteiger charge is 2.31. The number of nitriles is 1. The highest BCUT2D eigenvalue weighted by Crippen LogP contribution is 2.31. The van der Waals surface area contributed by atoms with Gasteiger partial charge in [-0.05, 0) is 24.0 Å². The third-order valence-electron chi connectivity index (χ3n) is 3.54. The summed E-state index contributed by atoms with van der Waals surface area (Å²) in [5.41, 5.74) is 0.460. The number of ether oxygens (including phenoxy) is 1. The van der Waals surface area contributed by atoms with Gasteiger partial charge in [-0.25, -0.2) is 0 Å². The van der Waals surface area contributed by atoms with E-state index in [0.717, 1.165) is 0 Å². The lowest BCUT2D eigenvalue weighted by Crippen LogP contribution is -2.29. The maximum Gasteiger partial charge on any atom is 0.311 e. The van der Waals surface area contributed by atoms with Crippen molar-refractivity contribution in [3.05, 3.63) is 44.4 Å². The summed E-state index contributed by atoms with van der Waals surface area (Å²) >= 11 is 23.2. The molecule has 1 aromatic carbocycles. The molecular weight excluding hydrogens is 392 g/mol. The first-order chi connectivity index (χ1) is 11.2. The molecule has 0 heterocycles. The lowest BCUT2D eigenvalue weighted by atomic mass is 9.84. The molecule has 3 atom stereocenters. The first-order valence-corrected chi connectivity index (χ1v) is 8.76. The van der Waals surface area contributed by atoms with Crippen LogP contribution in [0.15, 0.2) is 28.8 Å². The number of nitrogens with zero attached hydrogens (tertiary/aromatic N) is 1. The molecule has 0 aromatic heterocycles. The number of carbonyl (C=O) groups excluding carboxylic acids is 1. The van der Waals surface area contributed by atoms with E-state index in [-0.39, 0.29) is 21.3 Å². The summed E-state index contributed by atoms with van der Waals surface area (Å²) in [4.78, 5) is 12.6. The average molecular weight is 409 g/mol. The highest BCUT2D eigenvalue weighted by atomic mass is 35.5. The van der Waals surface area contributed by atoms with Crippen LogP contribution < -0.4 is 0 Å². The molecule has 7 heteroatoms. The lowest BCUT2D eigenvalue weighted by molar-refractivity contribution is -0.154. The van der Waals surface area contributed by atoms with Crippen LogP contribution in [0.2, 0.25) is 10.0 Å². The zero-order valence-electron chi connectivity index (χ0n) is 13.4. The van der Waals surface area contributed by atoms with Gasteiger partial charge in [0.15, 0.2) is 0 Å². The van der Waals surface area contributed by atoms with Crippen molar-refractivity contribution >= 4 is 52.4 Å². The van der Waals surface area contributed by atoms with Gasteiger partial charge >= 0.3 is 5.97 Å². The molecular formula is C17H17Cl4NO2. The molecule has 0 aliphatic heterocycles. The van der Waals surface area contributed by atoms with Crippen molar-refractivity contribution in [2.45, 2.75) is 26.9 Å².